The van der Waals surface area contributed by atoms with E-state index in [1.165, 1.54) is 0 Å². The van der Waals surface area contributed by atoms with E-state index in [2.05, 4.69) is 13.5 Å². The molecule has 0 saturated carbocycles. The molecule has 1 rings (SSSR count). The Kier molecular flexibility index (Phi) is 3.90. The van der Waals surface area contributed by atoms with Crippen LogP contribution in [0.1, 0.15) is 31.9 Å². The van der Waals surface area contributed by atoms with Crippen LogP contribution >= 0.6 is 0 Å². The summed E-state index contributed by atoms with van der Waals surface area (Å²) in [5.41, 5.74) is 2.11. The maximum absolute atomic E-state index is 9.90. The third-order valence-corrected chi connectivity index (χ3v) is 2.60. The highest BCUT2D eigenvalue weighted by Gasteiger charge is 2.11. The van der Waals surface area contributed by atoms with E-state index < -0.39 is 0 Å². The quantitative estimate of drug-likeness (QED) is 0.722. The average Bonchev–Trinajstić information content (AvgIpc) is 2.19. The Morgan fingerprint density at radius 1 is 1.36 bits per heavy atom. The number of rotatable bonds is 4. The monoisotopic (exact) mass is 190 g/mol. The Morgan fingerprint density at radius 2 is 1.93 bits per heavy atom. The van der Waals surface area contributed by atoms with Crippen molar-refractivity contribution >= 4 is 0 Å². The summed E-state index contributed by atoms with van der Waals surface area (Å²) in [7, 11) is 0. The highest BCUT2D eigenvalue weighted by Crippen LogP contribution is 2.24. The van der Waals surface area contributed by atoms with E-state index in [1.807, 2.05) is 37.3 Å². The number of aliphatic hydroxyl groups is 1. The van der Waals surface area contributed by atoms with Crippen molar-refractivity contribution in [2.24, 2.45) is 5.92 Å². The zero-order chi connectivity index (χ0) is 10.6. The molecular formula is C13H18O. The van der Waals surface area contributed by atoms with Crippen LogP contribution in [0.5, 0.6) is 0 Å². The third kappa shape index (κ3) is 3.00. The normalized spacial score (nSPS) is 14.8. The second-order valence-corrected chi connectivity index (χ2v) is 3.91. The van der Waals surface area contributed by atoms with Gasteiger partial charge in [0.05, 0.1) is 6.10 Å². The molecule has 0 aliphatic heterocycles. The number of allylic oxidation sites excluding steroid dienone is 1. The molecule has 0 unspecified atom stereocenters. The standard InChI is InChI=1S/C13H18O/c1-10(2)11(3)9-13(14)12-7-5-4-6-8-12/h4-8,11,13-14H,1,9H2,2-3H3/t11-,13-/m0/s1. The number of hydrogen-bond donors (Lipinski definition) is 1. The van der Waals surface area contributed by atoms with Crippen molar-refractivity contribution in [1.29, 1.82) is 0 Å². The van der Waals surface area contributed by atoms with Crippen LogP contribution in [-0.2, 0) is 0 Å². The van der Waals surface area contributed by atoms with Crippen LogP contribution in [0.15, 0.2) is 42.5 Å². The second-order valence-electron chi connectivity index (χ2n) is 3.91. The SMILES string of the molecule is C=C(C)[C@@H](C)C[C@H](O)c1ccccc1. The Morgan fingerprint density at radius 3 is 2.43 bits per heavy atom. The molecule has 1 aromatic rings. The molecule has 0 spiro atoms. The summed E-state index contributed by atoms with van der Waals surface area (Å²) >= 11 is 0. The lowest BCUT2D eigenvalue weighted by molar-refractivity contribution is 0.154. The zero-order valence-electron chi connectivity index (χ0n) is 8.90. The van der Waals surface area contributed by atoms with Crippen molar-refractivity contribution in [3.8, 4) is 0 Å². The van der Waals surface area contributed by atoms with E-state index in [-0.39, 0.29) is 6.10 Å². The highest BCUT2D eigenvalue weighted by molar-refractivity contribution is 5.17. The van der Waals surface area contributed by atoms with E-state index in [0.29, 0.717) is 5.92 Å². The molecule has 76 valence electrons. The number of benzene rings is 1. The fraction of sp³-hybridized carbons (Fsp3) is 0.385. The lowest BCUT2D eigenvalue weighted by Gasteiger charge is -2.16. The summed E-state index contributed by atoms with van der Waals surface area (Å²) in [6.45, 7) is 7.98. The molecule has 0 saturated heterocycles. The summed E-state index contributed by atoms with van der Waals surface area (Å²) in [6, 6.07) is 9.76. The molecule has 0 radical (unpaired) electrons. The van der Waals surface area contributed by atoms with Gasteiger partial charge in [-0.05, 0) is 24.8 Å². The van der Waals surface area contributed by atoms with Gasteiger partial charge in [0.2, 0.25) is 0 Å². The number of hydrogen-bond acceptors (Lipinski definition) is 1. The van der Waals surface area contributed by atoms with Crippen LogP contribution < -0.4 is 0 Å². The minimum absolute atomic E-state index is 0.366. The smallest absolute Gasteiger partial charge is 0.0795 e. The van der Waals surface area contributed by atoms with Gasteiger partial charge in [0.1, 0.15) is 0 Å². The maximum atomic E-state index is 9.90. The van der Waals surface area contributed by atoms with E-state index in [0.717, 1.165) is 17.6 Å². The van der Waals surface area contributed by atoms with Gasteiger partial charge in [0, 0.05) is 0 Å². The Bertz CT molecular complexity index is 289. The van der Waals surface area contributed by atoms with Gasteiger partial charge in [-0.1, -0.05) is 49.4 Å². The average molecular weight is 190 g/mol. The Balaban J connectivity index is 2.59. The first-order chi connectivity index (χ1) is 6.61. The summed E-state index contributed by atoms with van der Waals surface area (Å²) in [6.07, 6.45) is 0.377. The molecule has 1 aromatic carbocycles. The van der Waals surface area contributed by atoms with Crippen LogP contribution in [0.2, 0.25) is 0 Å². The summed E-state index contributed by atoms with van der Waals surface area (Å²) in [4.78, 5) is 0. The van der Waals surface area contributed by atoms with Crippen LogP contribution in [0.25, 0.3) is 0 Å². The molecule has 0 aromatic heterocycles. The topological polar surface area (TPSA) is 20.2 Å². The maximum Gasteiger partial charge on any atom is 0.0795 e. The van der Waals surface area contributed by atoms with E-state index in [9.17, 15) is 5.11 Å². The molecule has 0 aliphatic carbocycles. The zero-order valence-corrected chi connectivity index (χ0v) is 8.90. The fourth-order valence-electron chi connectivity index (χ4n) is 1.35. The van der Waals surface area contributed by atoms with Crippen LogP contribution in [0, 0.1) is 5.92 Å². The van der Waals surface area contributed by atoms with Gasteiger partial charge in [0.15, 0.2) is 0 Å². The van der Waals surface area contributed by atoms with Crippen LogP contribution in [0.3, 0.4) is 0 Å². The first-order valence-corrected chi connectivity index (χ1v) is 4.99. The first kappa shape index (κ1) is 11.0. The van der Waals surface area contributed by atoms with Gasteiger partial charge < -0.3 is 5.11 Å². The van der Waals surface area contributed by atoms with Gasteiger partial charge in [-0.3, -0.25) is 0 Å². The van der Waals surface area contributed by atoms with E-state index in [4.69, 9.17) is 0 Å². The van der Waals surface area contributed by atoms with Crippen molar-refractivity contribution in [3.05, 3.63) is 48.0 Å². The van der Waals surface area contributed by atoms with E-state index >= 15 is 0 Å². The minimum Gasteiger partial charge on any atom is -0.388 e. The molecule has 0 bridgehead atoms. The Labute approximate surface area is 86.1 Å². The van der Waals surface area contributed by atoms with Gasteiger partial charge in [-0.25, -0.2) is 0 Å². The lowest BCUT2D eigenvalue weighted by atomic mass is 9.94. The van der Waals surface area contributed by atoms with Gasteiger partial charge >= 0.3 is 0 Å². The third-order valence-electron chi connectivity index (χ3n) is 2.60. The van der Waals surface area contributed by atoms with E-state index in [1.54, 1.807) is 0 Å². The summed E-state index contributed by atoms with van der Waals surface area (Å²) in [5, 5.41) is 9.90. The molecule has 2 atom stereocenters. The predicted molar refractivity (Wildman–Crippen MR) is 60.0 cm³/mol. The van der Waals surface area contributed by atoms with Gasteiger partial charge in [-0.2, -0.15) is 0 Å². The molecule has 0 aliphatic rings. The fourth-order valence-corrected chi connectivity index (χ4v) is 1.35. The summed E-state index contributed by atoms with van der Waals surface area (Å²) < 4.78 is 0. The van der Waals surface area contributed by atoms with Crippen molar-refractivity contribution in [1.82, 2.24) is 0 Å². The lowest BCUT2D eigenvalue weighted by Crippen LogP contribution is -2.04. The Hall–Kier alpha value is -1.08. The first-order valence-electron chi connectivity index (χ1n) is 4.99. The summed E-state index contributed by atoms with van der Waals surface area (Å²) in [5.74, 6) is 0.366. The van der Waals surface area contributed by atoms with Crippen LogP contribution in [0.4, 0.5) is 0 Å². The second kappa shape index (κ2) is 4.97. The van der Waals surface area contributed by atoms with Crippen molar-refractivity contribution in [2.75, 3.05) is 0 Å². The molecule has 1 nitrogen and oxygen atoms in total. The molecule has 0 heterocycles. The molecule has 1 heteroatoms. The molecule has 1 N–H and O–H groups in total. The molecule has 0 amide bonds. The van der Waals surface area contributed by atoms with Gasteiger partial charge in [-0.15, -0.1) is 0 Å². The van der Waals surface area contributed by atoms with Crippen molar-refractivity contribution < 1.29 is 5.11 Å². The van der Waals surface area contributed by atoms with Crippen molar-refractivity contribution in [2.45, 2.75) is 26.4 Å². The highest BCUT2D eigenvalue weighted by atomic mass is 16.3. The number of aliphatic hydroxyl groups excluding tert-OH is 1. The van der Waals surface area contributed by atoms with Crippen molar-refractivity contribution in [3.63, 3.8) is 0 Å². The largest absolute Gasteiger partial charge is 0.388 e. The molecule has 0 fully saturated rings. The predicted octanol–water partition coefficient (Wildman–Crippen LogP) is 3.32. The molecular weight excluding hydrogens is 172 g/mol. The molecule has 14 heavy (non-hydrogen) atoms. The minimum atomic E-state index is -0.372. The van der Waals surface area contributed by atoms with Crippen LogP contribution in [-0.4, -0.2) is 5.11 Å². The van der Waals surface area contributed by atoms with Gasteiger partial charge in [0.25, 0.3) is 0 Å².